The van der Waals surface area contributed by atoms with Crippen molar-refractivity contribution in [3.8, 4) is 0 Å². The molecule has 0 aliphatic carbocycles. The monoisotopic (exact) mass is 169 g/mol. The summed E-state index contributed by atoms with van der Waals surface area (Å²) in [4.78, 5) is 13.9. The fourth-order valence-corrected chi connectivity index (χ4v) is 1.72. The number of likely N-dealkylation sites (tertiary alicyclic amines) is 1. The molecule has 1 aliphatic rings. The Balaban J connectivity index is 2.49. The quantitative estimate of drug-likeness (QED) is 0.641. The number of hydrogen-bond donors (Lipinski definition) is 0. The maximum atomic E-state index is 11.6. The van der Waals surface area contributed by atoms with Crippen LogP contribution in [-0.4, -0.2) is 29.3 Å². The number of rotatable bonds is 3. The van der Waals surface area contributed by atoms with E-state index >= 15 is 0 Å². The molecule has 0 bridgehead atoms. The first-order valence-electron chi connectivity index (χ1n) is 4.83. The molecule has 0 saturated carbocycles. The van der Waals surface area contributed by atoms with Crippen LogP contribution in [0.2, 0.25) is 0 Å². The molecular weight excluding hydrogens is 150 g/mol. The molecule has 2 nitrogen and oxygen atoms in total. The molecule has 0 amide bonds. The van der Waals surface area contributed by atoms with Crippen LogP contribution in [0.25, 0.3) is 0 Å². The van der Waals surface area contributed by atoms with E-state index in [2.05, 4.69) is 18.7 Å². The summed E-state index contributed by atoms with van der Waals surface area (Å²) >= 11 is 0. The predicted molar refractivity (Wildman–Crippen MR) is 50.1 cm³/mol. The van der Waals surface area contributed by atoms with E-state index < -0.39 is 0 Å². The van der Waals surface area contributed by atoms with Crippen LogP contribution in [0.15, 0.2) is 0 Å². The third-order valence-corrected chi connectivity index (χ3v) is 2.62. The van der Waals surface area contributed by atoms with Crippen molar-refractivity contribution in [1.29, 1.82) is 0 Å². The van der Waals surface area contributed by atoms with Crippen LogP contribution in [0.5, 0.6) is 0 Å². The Kier molecular flexibility index (Phi) is 2.89. The van der Waals surface area contributed by atoms with Crippen molar-refractivity contribution in [2.45, 2.75) is 46.2 Å². The molecule has 1 saturated heterocycles. The molecule has 0 spiro atoms. The Morgan fingerprint density at radius 3 is 2.17 bits per heavy atom. The zero-order chi connectivity index (χ0) is 9.30. The van der Waals surface area contributed by atoms with Gasteiger partial charge < -0.3 is 0 Å². The van der Waals surface area contributed by atoms with Gasteiger partial charge in [-0.15, -0.1) is 0 Å². The van der Waals surface area contributed by atoms with Crippen molar-refractivity contribution in [3.05, 3.63) is 0 Å². The van der Waals surface area contributed by atoms with Gasteiger partial charge in [0.1, 0.15) is 0 Å². The van der Waals surface area contributed by atoms with E-state index in [1.54, 1.807) is 0 Å². The Labute approximate surface area is 74.9 Å². The molecule has 0 aromatic rings. The molecule has 1 rings (SSSR count). The second-order valence-corrected chi connectivity index (χ2v) is 4.19. The Morgan fingerprint density at radius 2 is 1.92 bits per heavy atom. The van der Waals surface area contributed by atoms with Gasteiger partial charge in [-0.2, -0.15) is 0 Å². The zero-order valence-corrected chi connectivity index (χ0v) is 8.50. The highest BCUT2D eigenvalue weighted by Crippen LogP contribution is 2.23. The first-order valence-corrected chi connectivity index (χ1v) is 4.83. The third-order valence-electron chi connectivity index (χ3n) is 2.62. The number of hydrogen-bond acceptors (Lipinski definition) is 2. The minimum absolute atomic E-state index is 0.191. The highest BCUT2D eigenvalue weighted by molar-refractivity contribution is 5.86. The molecule has 12 heavy (non-hydrogen) atoms. The molecule has 1 atom stereocenters. The molecule has 1 aliphatic heterocycles. The summed E-state index contributed by atoms with van der Waals surface area (Å²) in [5, 5.41) is 0. The average Bonchev–Trinajstić information content (AvgIpc) is 1.82. The summed E-state index contributed by atoms with van der Waals surface area (Å²) in [5.74, 6) is 0.603. The summed E-state index contributed by atoms with van der Waals surface area (Å²) in [6.07, 6.45) is 1.06. The Bertz CT molecular complexity index is 175. The molecule has 0 radical (unpaired) electrons. The van der Waals surface area contributed by atoms with Crippen LogP contribution in [0.1, 0.15) is 34.1 Å². The lowest BCUT2D eigenvalue weighted by atomic mass is 9.91. The molecular formula is C10H19NO. The fourth-order valence-electron chi connectivity index (χ4n) is 1.72. The van der Waals surface area contributed by atoms with Crippen LogP contribution in [0.3, 0.4) is 0 Å². The summed E-state index contributed by atoms with van der Waals surface area (Å²) in [6, 6.07) is 0.747. The third kappa shape index (κ3) is 1.69. The van der Waals surface area contributed by atoms with Crippen molar-refractivity contribution < 1.29 is 4.79 Å². The Morgan fingerprint density at radius 1 is 1.33 bits per heavy atom. The molecule has 0 N–H and O–H groups in total. The minimum atomic E-state index is 0.191. The fraction of sp³-hybridized carbons (Fsp3) is 0.900. The number of nitrogens with zero attached hydrogens (tertiary/aromatic N) is 1. The van der Waals surface area contributed by atoms with Gasteiger partial charge in [-0.3, -0.25) is 9.69 Å². The van der Waals surface area contributed by atoms with Gasteiger partial charge in [-0.05, 0) is 20.3 Å². The van der Waals surface area contributed by atoms with Crippen LogP contribution in [-0.2, 0) is 4.79 Å². The van der Waals surface area contributed by atoms with Gasteiger partial charge in [0.05, 0.1) is 6.04 Å². The van der Waals surface area contributed by atoms with Gasteiger partial charge in [-0.25, -0.2) is 0 Å². The van der Waals surface area contributed by atoms with Gasteiger partial charge >= 0.3 is 0 Å². The van der Waals surface area contributed by atoms with Crippen molar-refractivity contribution in [1.82, 2.24) is 4.90 Å². The number of carbonyl (C=O) groups is 1. The van der Waals surface area contributed by atoms with Crippen molar-refractivity contribution >= 4 is 5.78 Å². The van der Waals surface area contributed by atoms with E-state index in [4.69, 9.17) is 0 Å². The highest BCUT2D eigenvalue weighted by Gasteiger charge is 2.36. The van der Waals surface area contributed by atoms with Crippen molar-refractivity contribution in [2.75, 3.05) is 6.54 Å². The smallest absolute Gasteiger partial charge is 0.152 e. The predicted octanol–water partition coefficient (Wildman–Crippen LogP) is 1.69. The second kappa shape index (κ2) is 3.56. The normalized spacial score (nSPS) is 24.7. The van der Waals surface area contributed by atoms with Gasteiger partial charge in [0, 0.05) is 18.5 Å². The zero-order valence-electron chi connectivity index (χ0n) is 8.50. The molecule has 1 fully saturated rings. The molecule has 1 heterocycles. The minimum Gasteiger partial charge on any atom is -0.298 e. The molecule has 0 aromatic heterocycles. The number of carbonyl (C=O) groups excluding carboxylic acids is 1. The summed E-state index contributed by atoms with van der Waals surface area (Å²) in [5.41, 5.74) is 0. The highest BCUT2D eigenvalue weighted by atomic mass is 16.1. The second-order valence-electron chi connectivity index (χ2n) is 4.19. The summed E-state index contributed by atoms with van der Waals surface area (Å²) in [6.45, 7) is 9.37. The van der Waals surface area contributed by atoms with Gasteiger partial charge in [0.2, 0.25) is 0 Å². The van der Waals surface area contributed by atoms with Crippen molar-refractivity contribution in [2.24, 2.45) is 5.92 Å². The van der Waals surface area contributed by atoms with E-state index in [-0.39, 0.29) is 12.0 Å². The van der Waals surface area contributed by atoms with Gasteiger partial charge in [0.15, 0.2) is 5.78 Å². The van der Waals surface area contributed by atoms with E-state index in [1.807, 2.05) is 13.8 Å². The maximum Gasteiger partial charge on any atom is 0.152 e. The maximum absolute atomic E-state index is 11.6. The van der Waals surface area contributed by atoms with Gasteiger partial charge in [0.25, 0.3) is 0 Å². The van der Waals surface area contributed by atoms with Gasteiger partial charge in [-0.1, -0.05) is 13.8 Å². The molecule has 2 heteroatoms. The molecule has 1 unspecified atom stereocenters. The lowest BCUT2D eigenvalue weighted by molar-refractivity contribution is -0.133. The van der Waals surface area contributed by atoms with E-state index in [0.29, 0.717) is 11.8 Å². The topological polar surface area (TPSA) is 20.3 Å². The first kappa shape index (κ1) is 9.72. The molecule has 0 aromatic carbocycles. The average molecular weight is 169 g/mol. The van der Waals surface area contributed by atoms with Crippen LogP contribution in [0.4, 0.5) is 0 Å². The number of Topliss-reactive ketones (excluding diaryl/α,β-unsaturated/α-hetero) is 1. The largest absolute Gasteiger partial charge is 0.298 e. The van der Waals surface area contributed by atoms with Crippen molar-refractivity contribution in [3.63, 3.8) is 0 Å². The standard InChI is InChI=1S/C10H19NO/c1-7(2)10(12)9-5-6-11(9)8(3)4/h7-9H,5-6H2,1-4H3. The summed E-state index contributed by atoms with van der Waals surface area (Å²) in [7, 11) is 0. The Hall–Kier alpha value is -0.370. The lowest BCUT2D eigenvalue weighted by Crippen LogP contribution is -2.56. The number of ketones is 1. The lowest BCUT2D eigenvalue weighted by Gasteiger charge is -2.43. The summed E-state index contributed by atoms with van der Waals surface area (Å²) < 4.78 is 0. The van der Waals surface area contributed by atoms with E-state index in [1.165, 1.54) is 0 Å². The van der Waals surface area contributed by atoms with Crippen LogP contribution < -0.4 is 0 Å². The van der Waals surface area contributed by atoms with E-state index in [0.717, 1.165) is 13.0 Å². The first-order chi connectivity index (χ1) is 5.54. The molecule has 70 valence electrons. The SMILES string of the molecule is CC(C)C(=O)C1CCN1C(C)C. The van der Waals surface area contributed by atoms with Crippen LogP contribution >= 0.6 is 0 Å². The van der Waals surface area contributed by atoms with Crippen LogP contribution in [0, 0.1) is 5.92 Å². The van der Waals surface area contributed by atoms with E-state index in [9.17, 15) is 4.79 Å².